The van der Waals surface area contributed by atoms with Crippen molar-refractivity contribution in [2.45, 2.75) is 38.0 Å². The lowest BCUT2D eigenvalue weighted by molar-refractivity contribution is 0.288. The van der Waals surface area contributed by atoms with Crippen LogP contribution in [0.15, 0.2) is 29.2 Å². The Balaban J connectivity index is 2.21. The molecule has 0 saturated carbocycles. The maximum absolute atomic E-state index is 12.9. The molecule has 0 radical (unpaired) electrons. The van der Waals surface area contributed by atoms with Crippen LogP contribution in [0.3, 0.4) is 0 Å². The Morgan fingerprint density at radius 3 is 2.52 bits per heavy atom. The van der Waals surface area contributed by atoms with Crippen LogP contribution < -0.4 is 5.32 Å². The Morgan fingerprint density at radius 1 is 1.24 bits per heavy atom. The Morgan fingerprint density at radius 2 is 1.90 bits per heavy atom. The number of hydrogen-bond acceptors (Lipinski definition) is 3. The largest absolute Gasteiger partial charge is 0.317 e. The fourth-order valence-corrected chi connectivity index (χ4v) is 4.73. The molecule has 1 aromatic rings. The summed E-state index contributed by atoms with van der Waals surface area (Å²) >= 11 is 0. The van der Waals surface area contributed by atoms with Gasteiger partial charge in [0, 0.05) is 13.1 Å². The van der Waals surface area contributed by atoms with Crippen LogP contribution in [-0.4, -0.2) is 38.9 Å². The zero-order valence-corrected chi connectivity index (χ0v) is 13.8. The van der Waals surface area contributed by atoms with E-state index in [9.17, 15) is 8.42 Å². The lowest BCUT2D eigenvalue weighted by Crippen LogP contribution is -2.39. The van der Waals surface area contributed by atoms with Gasteiger partial charge in [-0.25, -0.2) is 8.42 Å². The molecule has 0 aromatic heterocycles. The van der Waals surface area contributed by atoms with Crippen molar-refractivity contribution in [2.24, 2.45) is 5.92 Å². The van der Waals surface area contributed by atoms with Gasteiger partial charge in [-0.3, -0.25) is 0 Å². The summed E-state index contributed by atoms with van der Waals surface area (Å²) in [6.45, 7) is 7.13. The van der Waals surface area contributed by atoms with Crippen LogP contribution in [0.2, 0.25) is 0 Å². The molecule has 0 amide bonds. The summed E-state index contributed by atoms with van der Waals surface area (Å²) < 4.78 is 27.5. The zero-order chi connectivity index (χ0) is 15.3. The molecule has 0 atom stereocenters. The lowest BCUT2D eigenvalue weighted by Gasteiger charge is -2.29. The Bertz CT molecular complexity index is 551. The van der Waals surface area contributed by atoms with E-state index in [2.05, 4.69) is 5.32 Å². The fraction of sp³-hybridized carbons (Fsp3) is 0.625. The Kier molecular flexibility index (Phi) is 5.79. The van der Waals surface area contributed by atoms with Crippen molar-refractivity contribution in [2.75, 3.05) is 26.2 Å². The van der Waals surface area contributed by atoms with Gasteiger partial charge in [-0.15, -0.1) is 0 Å². The predicted octanol–water partition coefficient (Wildman–Crippen LogP) is 2.40. The summed E-state index contributed by atoms with van der Waals surface area (Å²) in [4.78, 5) is 0.451. The molecule has 0 unspecified atom stereocenters. The number of sulfonamides is 1. The predicted molar refractivity (Wildman–Crippen MR) is 85.8 cm³/mol. The number of nitrogens with zero attached hydrogens (tertiary/aromatic N) is 1. The maximum Gasteiger partial charge on any atom is 0.243 e. The number of benzene rings is 1. The molecule has 21 heavy (non-hydrogen) atoms. The Hall–Kier alpha value is -0.910. The van der Waals surface area contributed by atoms with E-state index < -0.39 is 10.0 Å². The minimum Gasteiger partial charge on any atom is -0.317 e. The summed E-state index contributed by atoms with van der Waals surface area (Å²) in [5.41, 5.74) is 0.823. The van der Waals surface area contributed by atoms with Gasteiger partial charge in [0.05, 0.1) is 4.90 Å². The zero-order valence-electron chi connectivity index (χ0n) is 13.0. The molecule has 2 rings (SSSR count). The second-order valence-corrected chi connectivity index (χ2v) is 7.73. The number of aryl methyl sites for hydroxylation is 1. The van der Waals surface area contributed by atoms with Gasteiger partial charge in [-0.2, -0.15) is 4.31 Å². The van der Waals surface area contributed by atoms with Crippen LogP contribution in [-0.2, 0) is 10.0 Å². The molecule has 1 N–H and O–H groups in total. The quantitative estimate of drug-likeness (QED) is 0.878. The van der Waals surface area contributed by atoms with E-state index in [4.69, 9.17) is 0 Å². The van der Waals surface area contributed by atoms with Crippen LogP contribution in [0.5, 0.6) is 0 Å². The van der Waals surface area contributed by atoms with Gasteiger partial charge >= 0.3 is 0 Å². The van der Waals surface area contributed by atoms with Crippen LogP contribution in [0.25, 0.3) is 0 Å². The number of rotatable bonds is 6. The molecule has 1 aliphatic rings. The first kappa shape index (κ1) is 16.5. The van der Waals surface area contributed by atoms with Crippen LogP contribution in [0, 0.1) is 12.8 Å². The molecule has 5 heteroatoms. The maximum atomic E-state index is 12.9. The summed E-state index contributed by atoms with van der Waals surface area (Å²) in [5, 5.41) is 3.33. The first-order valence-corrected chi connectivity index (χ1v) is 9.26. The van der Waals surface area contributed by atoms with Crippen molar-refractivity contribution < 1.29 is 8.42 Å². The van der Waals surface area contributed by atoms with Crippen molar-refractivity contribution in [3.63, 3.8) is 0 Å². The van der Waals surface area contributed by atoms with Gasteiger partial charge in [0.2, 0.25) is 10.0 Å². The molecular weight excluding hydrogens is 284 g/mol. The minimum atomic E-state index is -3.38. The third-order valence-corrected chi connectivity index (χ3v) is 6.13. The lowest BCUT2D eigenvalue weighted by atomic mass is 9.98. The van der Waals surface area contributed by atoms with E-state index in [0.717, 1.165) is 37.9 Å². The van der Waals surface area contributed by atoms with E-state index in [1.54, 1.807) is 16.4 Å². The summed E-state index contributed by atoms with van der Waals surface area (Å²) in [5.74, 6) is 0.469. The smallest absolute Gasteiger partial charge is 0.243 e. The van der Waals surface area contributed by atoms with Gasteiger partial charge in [0.25, 0.3) is 0 Å². The third-order valence-electron chi connectivity index (χ3n) is 4.10. The summed E-state index contributed by atoms with van der Waals surface area (Å²) in [6, 6.07) is 7.26. The second kappa shape index (κ2) is 7.38. The number of piperidine rings is 1. The molecular formula is C16H26N2O2S. The van der Waals surface area contributed by atoms with Crippen molar-refractivity contribution in [3.8, 4) is 0 Å². The highest BCUT2D eigenvalue weighted by Gasteiger charge is 2.28. The van der Waals surface area contributed by atoms with Gasteiger partial charge in [0.1, 0.15) is 0 Å². The third kappa shape index (κ3) is 4.05. The molecule has 118 valence electrons. The molecule has 0 aliphatic carbocycles. The first-order chi connectivity index (χ1) is 10.1. The van der Waals surface area contributed by atoms with Gasteiger partial charge in [-0.1, -0.05) is 25.1 Å². The van der Waals surface area contributed by atoms with Crippen molar-refractivity contribution in [1.29, 1.82) is 0 Å². The second-order valence-electron chi connectivity index (χ2n) is 5.82. The average Bonchev–Trinajstić information content (AvgIpc) is 2.48. The van der Waals surface area contributed by atoms with Gasteiger partial charge < -0.3 is 5.32 Å². The highest BCUT2D eigenvalue weighted by Crippen LogP contribution is 2.23. The summed E-state index contributed by atoms with van der Waals surface area (Å²) in [7, 11) is -3.38. The molecule has 0 spiro atoms. The molecule has 1 aliphatic heterocycles. The molecule has 0 bridgehead atoms. The minimum absolute atomic E-state index is 0.451. The average molecular weight is 310 g/mol. The molecule has 4 nitrogen and oxygen atoms in total. The fourth-order valence-electron chi connectivity index (χ4n) is 2.90. The van der Waals surface area contributed by atoms with Crippen molar-refractivity contribution >= 4 is 10.0 Å². The Labute approximate surface area is 128 Å². The normalized spacial score (nSPS) is 17.3. The monoisotopic (exact) mass is 310 g/mol. The standard InChI is InChI=1S/C16H26N2O2S/c1-3-12-18(13-15-8-10-17-11-9-15)21(19,20)16-7-5-4-6-14(16)2/h4-7,15,17H,3,8-13H2,1-2H3. The van der Waals surface area contributed by atoms with Gasteiger partial charge in [-0.05, 0) is 56.8 Å². The first-order valence-electron chi connectivity index (χ1n) is 7.82. The van der Waals surface area contributed by atoms with Crippen LogP contribution >= 0.6 is 0 Å². The highest BCUT2D eigenvalue weighted by molar-refractivity contribution is 7.89. The van der Waals surface area contributed by atoms with Crippen LogP contribution in [0.1, 0.15) is 31.7 Å². The molecule has 1 fully saturated rings. The van der Waals surface area contributed by atoms with Crippen molar-refractivity contribution in [1.82, 2.24) is 9.62 Å². The molecule has 1 saturated heterocycles. The van der Waals surface area contributed by atoms with Crippen molar-refractivity contribution in [3.05, 3.63) is 29.8 Å². The van der Waals surface area contributed by atoms with E-state index in [0.29, 0.717) is 23.9 Å². The van der Waals surface area contributed by atoms with E-state index >= 15 is 0 Å². The van der Waals surface area contributed by atoms with Crippen LogP contribution in [0.4, 0.5) is 0 Å². The van der Waals surface area contributed by atoms with Gasteiger partial charge in [0.15, 0.2) is 0 Å². The number of hydrogen-bond donors (Lipinski definition) is 1. The van der Waals surface area contributed by atoms with E-state index in [-0.39, 0.29) is 0 Å². The summed E-state index contributed by atoms with van der Waals surface area (Å²) in [6.07, 6.45) is 2.96. The molecule has 1 heterocycles. The highest BCUT2D eigenvalue weighted by atomic mass is 32.2. The SMILES string of the molecule is CCCN(CC1CCNCC1)S(=O)(=O)c1ccccc1C. The number of nitrogens with one attached hydrogen (secondary N) is 1. The van der Waals surface area contributed by atoms with E-state index in [1.165, 1.54) is 0 Å². The molecule has 1 aromatic carbocycles. The van der Waals surface area contributed by atoms with E-state index in [1.807, 2.05) is 26.0 Å². The topological polar surface area (TPSA) is 49.4 Å².